The number of carbonyl (C=O) groups is 1. The van der Waals surface area contributed by atoms with Crippen LogP contribution in [0, 0.1) is 6.92 Å². The average Bonchev–Trinajstić information content (AvgIpc) is 3.07. The lowest BCUT2D eigenvalue weighted by Crippen LogP contribution is -2.53. The number of aryl methyl sites for hydroxylation is 1. The van der Waals surface area contributed by atoms with Crippen molar-refractivity contribution in [1.82, 2.24) is 9.80 Å². The van der Waals surface area contributed by atoms with E-state index in [-0.39, 0.29) is 11.9 Å². The third kappa shape index (κ3) is 4.06. The van der Waals surface area contributed by atoms with Gasteiger partial charge in [-0.2, -0.15) is 0 Å². The van der Waals surface area contributed by atoms with E-state index in [1.165, 1.54) is 0 Å². The summed E-state index contributed by atoms with van der Waals surface area (Å²) in [6.07, 6.45) is 0.168. The van der Waals surface area contributed by atoms with Crippen LogP contribution in [0.25, 0.3) is 11.0 Å². The Balaban J connectivity index is 1.56. The molecule has 0 aliphatic carbocycles. The highest BCUT2D eigenvalue weighted by atomic mass is 16.5. The predicted octanol–water partition coefficient (Wildman–Crippen LogP) is 3.46. The zero-order valence-corrected chi connectivity index (χ0v) is 17.7. The van der Waals surface area contributed by atoms with Crippen LogP contribution >= 0.6 is 0 Å². The van der Waals surface area contributed by atoms with Crippen LogP contribution in [0.3, 0.4) is 0 Å². The average molecular weight is 408 g/mol. The fourth-order valence-electron chi connectivity index (χ4n) is 4.16. The molecule has 4 rings (SSSR count). The van der Waals surface area contributed by atoms with Crippen LogP contribution in [-0.2, 0) is 6.61 Å². The number of amides is 1. The van der Waals surface area contributed by atoms with Gasteiger partial charge in [0.1, 0.15) is 23.7 Å². The van der Waals surface area contributed by atoms with Gasteiger partial charge in [-0.25, -0.2) is 0 Å². The maximum absolute atomic E-state index is 13.3. The van der Waals surface area contributed by atoms with E-state index in [0.29, 0.717) is 42.4 Å². The van der Waals surface area contributed by atoms with Gasteiger partial charge in [0.15, 0.2) is 0 Å². The van der Waals surface area contributed by atoms with E-state index < -0.39 is 6.10 Å². The second kappa shape index (κ2) is 8.50. The van der Waals surface area contributed by atoms with Crippen molar-refractivity contribution >= 4 is 16.9 Å². The van der Waals surface area contributed by atoms with Crippen molar-refractivity contribution in [2.75, 3.05) is 27.2 Å². The molecule has 2 heterocycles. The number of piperidine rings is 1. The zero-order valence-electron chi connectivity index (χ0n) is 17.7. The van der Waals surface area contributed by atoms with Crippen molar-refractivity contribution < 1.29 is 19.1 Å². The lowest BCUT2D eigenvalue weighted by Gasteiger charge is -2.39. The van der Waals surface area contributed by atoms with Gasteiger partial charge in [0.05, 0.1) is 11.7 Å². The quantitative estimate of drug-likeness (QED) is 0.700. The van der Waals surface area contributed by atoms with Crippen molar-refractivity contribution in [3.05, 3.63) is 65.4 Å². The number of rotatable bonds is 5. The molecule has 0 radical (unpaired) electrons. The monoisotopic (exact) mass is 408 g/mol. The SMILES string of the molecule is Cc1oc2ccc(OCc3ccccc3)cc2c1C(=O)N1CC[C@H](N(C)C)[C@@H](O)C1. The number of aliphatic hydroxyl groups excluding tert-OH is 1. The minimum Gasteiger partial charge on any atom is -0.489 e. The highest BCUT2D eigenvalue weighted by molar-refractivity contribution is 6.07. The molecule has 1 fully saturated rings. The predicted molar refractivity (Wildman–Crippen MR) is 116 cm³/mol. The standard InChI is InChI=1S/C24H28N2O4/c1-16-23(24(28)26-12-11-20(25(2)3)21(27)14-26)19-13-18(9-10-22(19)30-16)29-15-17-7-5-4-6-8-17/h4-10,13,20-21,27H,11-12,14-15H2,1-3H3/t20-,21-/m0/s1. The van der Waals surface area contributed by atoms with Crippen LogP contribution in [0.1, 0.15) is 28.1 Å². The fraction of sp³-hybridized carbons (Fsp3) is 0.375. The first-order chi connectivity index (χ1) is 14.4. The van der Waals surface area contributed by atoms with Crippen molar-refractivity contribution in [2.24, 2.45) is 0 Å². The van der Waals surface area contributed by atoms with Crippen LogP contribution in [-0.4, -0.2) is 60.1 Å². The summed E-state index contributed by atoms with van der Waals surface area (Å²) in [4.78, 5) is 17.0. The molecule has 30 heavy (non-hydrogen) atoms. The van der Waals surface area contributed by atoms with Crippen molar-refractivity contribution in [2.45, 2.75) is 32.1 Å². The van der Waals surface area contributed by atoms with Gasteiger partial charge < -0.3 is 24.1 Å². The molecular weight excluding hydrogens is 380 g/mol. The van der Waals surface area contributed by atoms with Gasteiger partial charge in [0.2, 0.25) is 0 Å². The molecule has 6 nitrogen and oxygen atoms in total. The summed E-state index contributed by atoms with van der Waals surface area (Å²) >= 11 is 0. The van der Waals surface area contributed by atoms with Crippen LogP contribution in [0.4, 0.5) is 0 Å². The Kier molecular flexibility index (Phi) is 5.79. The van der Waals surface area contributed by atoms with Crippen molar-refractivity contribution in [1.29, 1.82) is 0 Å². The molecule has 0 spiro atoms. The molecule has 158 valence electrons. The lowest BCUT2D eigenvalue weighted by molar-refractivity contribution is 0.00607. The maximum Gasteiger partial charge on any atom is 0.258 e. The molecule has 2 aromatic carbocycles. The largest absolute Gasteiger partial charge is 0.489 e. The van der Waals surface area contributed by atoms with E-state index in [2.05, 4.69) is 0 Å². The lowest BCUT2D eigenvalue weighted by atomic mass is 9.99. The van der Waals surface area contributed by atoms with Crippen LogP contribution in [0.15, 0.2) is 52.9 Å². The summed E-state index contributed by atoms with van der Waals surface area (Å²) in [6.45, 7) is 3.18. The summed E-state index contributed by atoms with van der Waals surface area (Å²) < 4.78 is 11.8. The normalized spacial score (nSPS) is 19.4. The summed E-state index contributed by atoms with van der Waals surface area (Å²) in [5.74, 6) is 1.16. The van der Waals surface area contributed by atoms with E-state index in [1.54, 1.807) is 11.8 Å². The number of nitrogens with zero attached hydrogens (tertiary/aromatic N) is 2. The van der Waals surface area contributed by atoms with Gasteiger partial charge in [0, 0.05) is 24.5 Å². The molecule has 6 heteroatoms. The Morgan fingerprint density at radius 3 is 2.70 bits per heavy atom. The van der Waals surface area contributed by atoms with E-state index in [0.717, 1.165) is 17.4 Å². The molecule has 2 atom stereocenters. The minimum atomic E-state index is -0.569. The second-order valence-electron chi connectivity index (χ2n) is 8.10. The highest BCUT2D eigenvalue weighted by Crippen LogP contribution is 2.31. The summed E-state index contributed by atoms with van der Waals surface area (Å²) in [7, 11) is 3.91. The Labute approximate surface area is 176 Å². The third-order valence-corrected chi connectivity index (χ3v) is 5.79. The number of carbonyl (C=O) groups excluding carboxylic acids is 1. The van der Waals surface area contributed by atoms with E-state index in [9.17, 15) is 9.90 Å². The van der Waals surface area contributed by atoms with Gasteiger partial charge in [-0.3, -0.25) is 4.79 Å². The highest BCUT2D eigenvalue weighted by Gasteiger charge is 2.33. The van der Waals surface area contributed by atoms with Crippen LogP contribution < -0.4 is 4.74 Å². The van der Waals surface area contributed by atoms with Crippen LogP contribution in [0.5, 0.6) is 5.75 Å². The third-order valence-electron chi connectivity index (χ3n) is 5.79. The summed E-state index contributed by atoms with van der Waals surface area (Å²) in [5.41, 5.74) is 2.28. The molecule has 0 unspecified atom stereocenters. The van der Waals surface area contributed by atoms with Gasteiger partial charge in [-0.15, -0.1) is 0 Å². The van der Waals surface area contributed by atoms with Crippen molar-refractivity contribution in [3.63, 3.8) is 0 Å². The first-order valence-electron chi connectivity index (χ1n) is 10.3. The molecule has 1 saturated heterocycles. The number of aliphatic hydroxyl groups is 1. The Morgan fingerprint density at radius 2 is 2.00 bits per heavy atom. The number of likely N-dealkylation sites (tertiary alicyclic amines) is 1. The van der Waals surface area contributed by atoms with Gasteiger partial charge >= 0.3 is 0 Å². The zero-order chi connectivity index (χ0) is 21.3. The maximum atomic E-state index is 13.3. The number of benzene rings is 2. The number of β-amino-alcohol motifs (C(OH)–C–C–N with tert-alkyl or cyclic N) is 1. The van der Waals surface area contributed by atoms with E-state index in [1.807, 2.05) is 67.5 Å². The Hall–Kier alpha value is -2.83. The molecule has 1 N–H and O–H groups in total. The molecule has 1 aromatic heterocycles. The fourth-order valence-corrected chi connectivity index (χ4v) is 4.16. The van der Waals surface area contributed by atoms with E-state index >= 15 is 0 Å². The molecule has 1 amide bonds. The van der Waals surface area contributed by atoms with Gasteiger partial charge in [-0.1, -0.05) is 30.3 Å². The molecule has 3 aromatic rings. The number of furan rings is 1. The van der Waals surface area contributed by atoms with Gasteiger partial charge in [0.25, 0.3) is 5.91 Å². The smallest absolute Gasteiger partial charge is 0.258 e. The van der Waals surface area contributed by atoms with E-state index in [4.69, 9.17) is 9.15 Å². The summed E-state index contributed by atoms with van der Waals surface area (Å²) in [5, 5.41) is 11.2. The van der Waals surface area contributed by atoms with Crippen molar-refractivity contribution in [3.8, 4) is 5.75 Å². The molecule has 0 saturated carbocycles. The van der Waals surface area contributed by atoms with Crippen LogP contribution in [0.2, 0.25) is 0 Å². The number of hydrogen-bond acceptors (Lipinski definition) is 5. The summed E-state index contributed by atoms with van der Waals surface area (Å²) in [6, 6.07) is 15.6. The number of ether oxygens (including phenoxy) is 1. The molecule has 1 aliphatic heterocycles. The first kappa shape index (κ1) is 20.4. The number of hydrogen-bond donors (Lipinski definition) is 1. The Morgan fingerprint density at radius 1 is 1.23 bits per heavy atom. The first-order valence-corrected chi connectivity index (χ1v) is 10.3. The minimum absolute atomic E-state index is 0.0641. The number of likely N-dealkylation sites (N-methyl/N-ethyl adjacent to an activating group) is 1. The molecule has 0 bridgehead atoms. The Bertz CT molecular complexity index is 1030. The van der Waals surface area contributed by atoms with Gasteiger partial charge in [-0.05, 0) is 51.2 Å². The number of fused-ring (bicyclic) bond motifs is 1. The topological polar surface area (TPSA) is 66.2 Å². The molecular formula is C24H28N2O4. The molecule has 1 aliphatic rings. The second-order valence-corrected chi connectivity index (χ2v) is 8.10.